The van der Waals surface area contributed by atoms with Crippen LogP contribution in [0.1, 0.15) is 50.2 Å². The predicted octanol–water partition coefficient (Wildman–Crippen LogP) is 4.81. The zero-order chi connectivity index (χ0) is 14.0. The van der Waals surface area contributed by atoms with Crippen molar-refractivity contribution < 1.29 is 9.52 Å². The summed E-state index contributed by atoms with van der Waals surface area (Å²) in [7, 11) is 0. The fourth-order valence-corrected chi connectivity index (χ4v) is 2.28. The number of hydrogen-bond acceptors (Lipinski definition) is 2. The molecule has 1 aromatic carbocycles. The predicted molar refractivity (Wildman–Crippen MR) is 80.2 cm³/mol. The summed E-state index contributed by atoms with van der Waals surface area (Å²) in [5.74, 6) is 0.550. The Morgan fingerprint density at radius 3 is 2.26 bits per heavy atom. The second-order valence-corrected chi connectivity index (χ2v) is 6.19. The average molecular weight is 323 g/mol. The molecule has 0 saturated carbocycles. The monoisotopic (exact) mass is 322 g/mol. The van der Waals surface area contributed by atoms with Gasteiger partial charge in [0.05, 0.1) is 0 Å². The minimum absolute atomic E-state index is 0.164. The molecule has 0 aliphatic carbocycles. The molecule has 1 N–H and O–H groups in total. The van der Waals surface area contributed by atoms with Crippen molar-refractivity contribution in [2.45, 2.75) is 38.7 Å². The van der Waals surface area contributed by atoms with Crippen LogP contribution in [-0.2, 0) is 5.41 Å². The zero-order valence-corrected chi connectivity index (χ0v) is 13.1. The second kappa shape index (κ2) is 5.51. The lowest BCUT2D eigenvalue weighted by Crippen LogP contribution is -2.15. The molecule has 0 spiro atoms. The van der Waals surface area contributed by atoms with Gasteiger partial charge in [-0.3, -0.25) is 0 Å². The number of benzene rings is 1. The topological polar surface area (TPSA) is 33.4 Å². The van der Waals surface area contributed by atoms with Crippen LogP contribution in [0.4, 0.5) is 0 Å². The van der Waals surface area contributed by atoms with Gasteiger partial charge in [-0.2, -0.15) is 0 Å². The number of aliphatic hydroxyl groups excluding tert-OH is 1. The lowest BCUT2D eigenvalue weighted by Gasteiger charge is -2.23. The van der Waals surface area contributed by atoms with E-state index in [-0.39, 0.29) is 5.41 Å². The molecule has 0 aliphatic heterocycles. The van der Waals surface area contributed by atoms with E-state index in [2.05, 4.69) is 48.8 Å². The molecular weight excluding hydrogens is 304 g/mol. The Hall–Kier alpha value is -1.06. The largest absolute Gasteiger partial charge is 0.451 e. The van der Waals surface area contributed by atoms with Gasteiger partial charge in [0.2, 0.25) is 0 Å². The first-order valence-electron chi connectivity index (χ1n) is 6.48. The SMILES string of the molecule is CCC(C)(C)c1ccc(C(O)c2ccc(Br)o2)cc1. The Balaban J connectivity index is 2.23. The van der Waals surface area contributed by atoms with Crippen LogP contribution < -0.4 is 0 Å². The van der Waals surface area contributed by atoms with Gasteiger partial charge in [0, 0.05) is 0 Å². The molecule has 2 rings (SSSR count). The Labute approximate surface area is 122 Å². The van der Waals surface area contributed by atoms with Crippen LogP contribution in [-0.4, -0.2) is 5.11 Å². The van der Waals surface area contributed by atoms with Gasteiger partial charge in [0.15, 0.2) is 4.67 Å². The average Bonchev–Trinajstić information content (AvgIpc) is 2.85. The third kappa shape index (κ3) is 3.10. The number of rotatable bonds is 4. The molecule has 102 valence electrons. The van der Waals surface area contributed by atoms with Crippen molar-refractivity contribution in [1.82, 2.24) is 0 Å². The van der Waals surface area contributed by atoms with Gasteiger partial charge < -0.3 is 9.52 Å². The van der Waals surface area contributed by atoms with Crippen LogP contribution in [0.2, 0.25) is 0 Å². The van der Waals surface area contributed by atoms with Crippen LogP contribution in [0.5, 0.6) is 0 Å². The standard InChI is InChI=1S/C16H19BrO2/c1-4-16(2,3)12-7-5-11(6-8-12)15(18)13-9-10-14(17)19-13/h5-10,15,18H,4H2,1-3H3. The van der Waals surface area contributed by atoms with Gasteiger partial charge in [0.1, 0.15) is 11.9 Å². The van der Waals surface area contributed by atoms with Gasteiger partial charge in [-0.1, -0.05) is 45.0 Å². The van der Waals surface area contributed by atoms with Gasteiger partial charge in [0.25, 0.3) is 0 Å². The first-order chi connectivity index (χ1) is 8.94. The summed E-state index contributed by atoms with van der Waals surface area (Å²) >= 11 is 3.24. The zero-order valence-electron chi connectivity index (χ0n) is 11.5. The van der Waals surface area contributed by atoms with E-state index in [1.807, 2.05) is 12.1 Å². The van der Waals surface area contributed by atoms with E-state index in [0.29, 0.717) is 10.4 Å². The number of furan rings is 1. The molecular formula is C16H19BrO2. The second-order valence-electron chi connectivity index (χ2n) is 5.40. The third-order valence-corrected chi connectivity index (χ3v) is 4.18. The first-order valence-corrected chi connectivity index (χ1v) is 7.27. The highest BCUT2D eigenvalue weighted by Gasteiger charge is 2.19. The molecule has 19 heavy (non-hydrogen) atoms. The Bertz CT molecular complexity index is 540. The summed E-state index contributed by atoms with van der Waals surface area (Å²) in [5.41, 5.74) is 2.29. The number of halogens is 1. The maximum absolute atomic E-state index is 10.2. The summed E-state index contributed by atoms with van der Waals surface area (Å²) in [6.45, 7) is 6.63. The van der Waals surface area contributed by atoms with Crippen LogP contribution in [0.15, 0.2) is 45.5 Å². The molecule has 1 heterocycles. The fraction of sp³-hybridized carbons (Fsp3) is 0.375. The smallest absolute Gasteiger partial charge is 0.169 e. The third-order valence-electron chi connectivity index (χ3n) is 3.76. The van der Waals surface area contributed by atoms with Crippen LogP contribution >= 0.6 is 15.9 Å². The maximum Gasteiger partial charge on any atom is 0.169 e. The molecule has 0 amide bonds. The van der Waals surface area contributed by atoms with Crippen molar-refractivity contribution in [2.75, 3.05) is 0 Å². The molecule has 1 aromatic heterocycles. The van der Waals surface area contributed by atoms with E-state index < -0.39 is 6.10 Å². The molecule has 0 bridgehead atoms. The highest BCUT2D eigenvalue weighted by Crippen LogP contribution is 2.30. The molecule has 0 saturated heterocycles. The van der Waals surface area contributed by atoms with Gasteiger partial charge >= 0.3 is 0 Å². The summed E-state index contributed by atoms with van der Waals surface area (Å²) in [4.78, 5) is 0. The molecule has 0 aliphatic rings. The number of aliphatic hydroxyl groups is 1. The van der Waals surface area contributed by atoms with E-state index in [9.17, 15) is 5.11 Å². The minimum Gasteiger partial charge on any atom is -0.451 e. The molecule has 3 heteroatoms. The summed E-state index contributed by atoms with van der Waals surface area (Å²) in [6, 6.07) is 11.7. The van der Waals surface area contributed by atoms with E-state index in [1.165, 1.54) is 5.56 Å². The Kier molecular flexibility index (Phi) is 4.16. The Morgan fingerprint density at radius 2 is 1.79 bits per heavy atom. The van der Waals surface area contributed by atoms with Crippen LogP contribution in [0.3, 0.4) is 0 Å². The van der Waals surface area contributed by atoms with Crippen molar-refractivity contribution in [3.8, 4) is 0 Å². The lowest BCUT2D eigenvalue weighted by molar-refractivity contribution is 0.187. The first kappa shape index (κ1) is 14.4. The van der Waals surface area contributed by atoms with Crippen LogP contribution in [0.25, 0.3) is 0 Å². The quantitative estimate of drug-likeness (QED) is 0.876. The molecule has 2 nitrogen and oxygen atoms in total. The van der Waals surface area contributed by atoms with Crippen molar-refractivity contribution in [3.05, 3.63) is 58.0 Å². The summed E-state index contributed by atoms with van der Waals surface area (Å²) in [6.07, 6.45) is 0.366. The lowest BCUT2D eigenvalue weighted by atomic mass is 9.82. The molecule has 2 aromatic rings. The highest BCUT2D eigenvalue weighted by atomic mass is 79.9. The molecule has 0 fully saturated rings. The highest BCUT2D eigenvalue weighted by molar-refractivity contribution is 9.10. The summed E-state index contributed by atoms with van der Waals surface area (Å²) in [5, 5.41) is 10.2. The number of hydrogen-bond donors (Lipinski definition) is 1. The van der Waals surface area contributed by atoms with Crippen molar-refractivity contribution >= 4 is 15.9 Å². The maximum atomic E-state index is 10.2. The van der Waals surface area contributed by atoms with Crippen molar-refractivity contribution in [1.29, 1.82) is 0 Å². The molecule has 1 unspecified atom stereocenters. The van der Waals surface area contributed by atoms with Crippen LogP contribution in [0, 0.1) is 0 Å². The van der Waals surface area contributed by atoms with Crippen molar-refractivity contribution in [3.63, 3.8) is 0 Å². The van der Waals surface area contributed by atoms with E-state index in [0.717, 1.165) is 12.0 Å². The van der Waals surface area contributed by atoms with Gasteiger partial charge in [-0.25, -0.2) is 0 Å². The molecule has 1 atom stereocenters. The van der Waals surface area contributed by atoms with E-state index in [4.69, 9.17) is 4.42 Å². The Morgan fingerprint density at radius 1 is 1.16 bits per heavy atom. The normalized spacial score (nSPS) is 13.5. The van der Waals surface area contributed by atoms with Gasteiger partial charge in [-0.05, 0) is 51.0 Å². The van der Waals surface area contributed by atoms with E-state index >= 15 is 0 Å². The van der Waals surface area contributed by atoms with Gasteiger partial charge in [-0.15, -0.1) is 0 Å². The minimum atomic E-state index is -0.718. The van der Waals surface area contributed by atoms with Crippen molar-refractivity contribution in [2.24, 2.45) is 0 Å². The molecule has 0 radical (unpaired) electrons. The fourth-order valence-electron chi connectivity index (χ4n) is 1.96. The van der Waals surface area contributed by atoms with E-state index in [1.54, 1.807) is 12.1 Å². The summed E-state index contributed by atoms with van der Waals surface area (Å²) < 4.78 is 6.01.